The normalized spacial score (nSPS) is 27.1. The van der Waals surface area contributed by atoms with Crippen molar-refractivity contribution in [2.24, 2.45) is 23.5 Å². The van der Waals surface area contributed by atoms with Gasteiger partial charge in [0.25, 0.3) is 0 Å². The smallest absolute Gasteiger partial charge is 0.0497 e. The Balaban J connectivity index is 1.39. The third-order valence-corrected chi connectivity index (χ3v) is 9.72. The van der Waals surface area contributed by atoms with Crippen LogP contribution < -0.4 is 10.6 Å². The topological polar surface area (TPSA) is 45.0 Å². The number of hydrogen-bond acceptors (Lipinski definition) is 2. The van der Waals surface area contributed by atoms with Crippen molar-refractivity contribution in [3.63, 3.8) is 0 Å². The second-order valence-electron chi connectivity index (χ2n) is 11.9. The Morgan fingerprint density at radius 2 is 1.54 bits per heavy atom. The first kappa shape index (κ1) is 23.2. The number of fused-ring (bicyclic) bond motifs is 1. The molecule has 0 unspecified atom stereocenters. The van der Waals surface area contributed by atoms with Gasteiger partial charge >= 0.3 is 0 Å². The monoisotopic (exact) mass is 469 g/mol. The lowest BCUT2D eigenvalue weighted by Crippen LogP contribution is -2.48. The van der Waals surface area contributed by atoms with Gasteiger partial charge in [0.2, 0.25) is 0 Å². The molecule has 0 radical (unpaired) electrons. The zero-order chi connectivity index (χ0) is 24.0. The SMILES string of the molecule is CCN(CC)c1ccc(-c2[nH]c3ccc(C45CC6CC(CC(C6)C4)C5)cc3c2CCCCN)cc1. The number of nitrogens with two attached hydrogens (primary N) is 1. The van der Waals surface area contributed by atoms with E-state index in [1.54, 1.807) is 5.56 Å². The van der Waals surface area contributed by atoms with Gasteiger partial charge in [-0.2, -0.15) is 0 Å². The van der Waals surface area contributed by atoms with Gasteiger partial charge in [-0.25, -0.2) is 0 Å². The Hall–Kier alpha value is -2.26. The molecule has 0 aliphatic heterocycles. The predicted molar refractivity (Wildman–Crippen MR) is 149 cm³/mol. The van der Waals surface area contributed by atoms with Gasteiger partial charge in [-0.15, -0.1) is 0 Å². The van der Waals surface area contributed by atoms with Crippen LogP contribution >= 0.6 is 0 Å². The van der Waals surface area contributed by atoms with Crippen LogP contribution in [0.1, 0.15) is 76.3 Å². The fourth-order valence-electron chi connectivity index (χ4n) is 8.42. The summed E-state index contributed by atoms with van der Waals surface area (Å²) in [6.45, 7) is 7.31. The minimum absolute atomic E-state index is 0.445. The summed E-state index contributed by atoms with van der Waals surface area (Å²) in [5.41, 5.74) is 14.7. The molecule has 4 saturated carbocycles. The molecule has 4 aliphatic carbocycles. The van der Waals surface area contributed by atoms with E-state index in [1.165, 1.54) is 71.9 Å². The summed E-state index contributed by atoms with van der Waals surface area (Å²) in [6.07, 6.45) is 12.1. The zero-order valence-corrected chi connectivity index (χ0v) is 21.8. The summed E-state index contributed by atoms with van der Waals surface area (Å²) in [5.74, 6) is 2.94. The molecule has 3 heteroatoms. The van der Waals surface area contributed by atoms with Crippen LogP contribution in [0, 0.1) is 17.8 Å². The van der Waals surface area contributed by atoms with Gasteiger partial charge in [-0.1, -0.05) is 18.2 Å². The van der Waals surface area contributed by atoms with Gasteiger partial charge in [0.05, 0.1) is 0 Å². The average Bonchev–Trinajstić information content (AvgIpc) is 3.22. The van der Waals surface area contributed by atoms with Crippen molar-refractivity contribution in [1.29, 1.82) is 0 Å². The summed E-state index contributed by atoms with van der Waals surface area (Å²) >= 11 is 0. The van der Waals surface area contributed by atoms with Crippen molar-refractivity contribution < 1.29 is 0 Å². The molecule has 7 rings (SSSR count). The van der Waals surface area contributed by atoms with E-state index in [0.29, 0.717) is 5.41 Å². The Bertz CT molecular complexity index is 1130. The highest BCUT2D eigenvalue weighted by Gasteiger charge is 2.51. The molecule has 3 N–H and O–H groups in total. The second kappa shape index (κ2) is 9.32. The first-order valence-corrected chi connectivity index (χ1v) is 14.3. The van der Waals surface area contributed by atoms with Crippen molar-refractivity contribution in [2.45, 2.75) is 77.0 Å². The highest BCUT2D eigenvalue weighted by molar-refractivity contribution is 5.91. The summed E-state index contributed by atoms with van der Waals surface area (Å²) < 4.78 is 0. The van der Waals surface area contributed by atoms with E-state index < -0.39 is 0 Å². The second-order valence-corrected chi connectivity index (χ2v) is 11.9. The highest BCUT2D eigenvalue weighted by atomic mass is 15.1. The van der Waals surface area contributed by atoms with Crippen LogP contribution in [0.2, 0.25) is 0 Å². The number of benzene rings is 2. The first-order valence-electron chi connectivity index (χ1n) is 14.3. The van der Waals surface area contributed by atoms with E-state index >= 15 is 0 Å². The van der Waals surface area contributed by atoms with E-state index in [-0.39, 0.29) is 0 Å². The molecule has 0 spiro atoms. The molecular weight excluding hydrogens is 426 g/mol. The molecular formula is C32H43N3. The molecule has 0 saturated heterocycles. The number of aryl methyl sites for hydroxylation is 1. The molecule has 0 amide bonds. The maximum Gasteiger partial charge on any atom is 0.0497 e. The van der Waals surface area contributed by atoms with Crippen LogP contribution in [0.15, 0.2) is 42.5 Å². The quantitative estimate of drug-likeness (QED) is 0.320. The Kier molecular flexibility index (Phi) is 6.16. The van der Waals surface area contributed by atoms with Crippen LogP contribution in [0.3, 0.4) is 0 Å². The molecule has 2 aromatic carbocycles. The van der Waals surface area contributed by atoms with Gasteiger partial charge in [0.1, 0.15) is 0 Å². The van der Waals surface area contributed by atoms with Gasteiger partial charge in [0.15, 0.2) is 0 Å². The summed E-state index contributed by atoms with van der Waals surface area (Å²) in [7, 11) is 0. The number of aromatic amines is 1. The minimum Gasteiger partial charge on any atom is -0.372 e. The van der Waals surface area contributed by atoms with E-state index in [4.69, 9.17) is 5.73 Å². The van der Waals surface area contributed by atoms with Crippen molar-refractivity contribution in [1.82, 2.24) is 4.98 Å². The highest BCUT2D eigenvalue weighted by Crippen LogP contribution is 2.61. The van der Waals surface area contributed by atoms with Crippen molar-refractivity contribution in [3.05, 3.63) is 53.6 Å². The lowest BCUT2D eigenvalue weighted by Gasteiger charge is -2.57. The molecule has 3 nitrogen and oxygen atoms in total. The lowest BCUT2D eigenvalue weighted by molar-refractivity contribution is -0.00513. The number of unbranched alkanes of at least 4 members (excludes halogenated alkanes) is 1. The fourth-order valence-corrected chi connectivity index (χ4v) is 8.42. The third-order valence-electron chi connectivity index (χ3n) is 9.72. The van der Waals surface area contributed by atoms with Crippen molar-refractivity contribution >= 4 is 16.6 Å². The van der Waals surface area contributed by atoms with Crippen LogP contribution in [0.25, 0.3) is 22.2 Å². The van der Waals surface area contributed by atoms with Crippen LogP contribution in [-0.2, 0) is 11.8 Å². The Morgan fingerprint density at radius 1 is 0.886 bits per heavy atom. The van der Waals surface area contributed by atoms with Crippen LogP contribution in [-0.4, -0.2) is 24.6 Å². The largest absolute Gasteiger partial charge is 0.372 e. The molecule has 4 aliphatic rings. The van der Waals surface area contributed by atoms with E-state index in [2.05, 4.69) is 66.2 Å². The number of hydrogen-bond donors (Lipinski definition) is 2. The predicted octanol–water partition coefficient (Wildman–Crippen LogP) is 7.43. The van der Waals surface area contributed by atoms with Gasteiger partial charge < -0.3 is 15.6 Å². The van der Waals surface area contributed by atoms with E-state index in [1.807, 2.05) is 0 Å². The lowest BCUT2D eigenvalue weighted by atomic mass is 9.48. The number of H-pyrrole nitrogens is 1. The molecule has 3 aromatic rings. The van der Waals surface area contributed by atoms with E-state index in [9.17, 15) is 0 Å². The molecule has 4 bridgehead atoms. The van der Waals surface area contributed by atoms with Crippen LogP contribution in [0.5, 0.6) is 0 Å². The number of rotatable bonds is 9. The molecule has 186 valence electrons. The third kappa shape index (κ3) is 4.10. The van der Waals surface area contributed by atoms with Gasteiger partial charge in [-0.3, -0.25) is 0 Å². The Labute approximate surface area is 211 Å². The van der Waals surface area contributed by atoms with Crippen molar-refractivity contribution in [2.75, 3.05) is 24.5 Å². The standard InChI is InChI=1S/C32H43N3/c1-3-35(4-2)27-11-8-25(9-12-27)31-28(7-5-6-14-33)29-18-26(10-13-30(29)34-31)32-19-22-15-23(20-32)17-24(16-22)21-32/h8-13,18,22-24,34H,3-7,14-17,19-21,33H2,1-2H3. The molecule has 1 heterocycles. The number of nitrogens with zero attached hydrogens (tertiary/aromatic N) is 1. The van der Waals surface area contributed by atoms with E-state index in [0.717, 1.165) is 56.7 Å². The number of aromatic nitrogens is 1. The van der Waals surface area contributed by atoms with Gasteiger partial charge in [0, 0.05) is 35.4 Å². The van der Waals surface area contributed by atoms with Crippen molar-refractivity contribution in [3.8, 4) is 11.3 Å². The summed E-state index contributed by atoms with van der Waals surface area (Å²) in [4.78, 5) is 6.25. The molecule has 35 heavy (non-hydrogen) atoms. The average molecular weight is 470 g/mol. The maximum atomic E-state index is 5.88. The first-order chi connectivity index (χ1) is 17.1. The number of nitrogens with one attached hydrogen (secondary N) is 1. The minimum atomic E-state index is 0.445. The maximum absolute atomic E-state index is 5.88. The molecule has 1 aromatic heterocycles. The fraction of sp³-hybridized carbons (Fsp3) is 0.562. The summed E-state index contributed by atoms with van der Waals surface area (Å²) in [6, 6.07) is 16.7. The molecule has 0 atom stereocenters. The zero-order valence-electron chi connectivity index (χ0n) is 21.8. The number of anilines is 1. The van der Waals surface area contributed by atoms with Crippen LogP contribution in [0.4, 0.5) is 5.69 Å². The van der Waals surface area contributed by atoms with Gasteiger partial charge in [-0.05, 0) is 142 Å². The summed E-state index contributed by atoms with van der Waals surface area (Å²) in [5, 5.41) is 1.46. The Morgan fingerprint density at radius 3 is 2.14 bits per heavy atom. The molecule has 4 fully saturated rings.